The summed E-state index contributed by atoms with van der Waals surface area (Å²) in [6.07, 6.45) is 6.81. The summed E-state index contributed by atoms with van der Waals surface area (Å²) in [4.78, 5) is 3.27. The van der Waals surface area contributed by atoms with Crippen LogP contribution in [0.25, 0.3) is 0 Å². The molecular formula is C13H19NS2. The molecule has 1 unspecified atom stereocenters. The fraction of sp³-hybridized carbons (Fsp3) is 0.692. The van der Waals surface area contributed by atoms with Crippen LogP contribution in [0.15, 0.2) is 6.07 Å². The second-order valence-corrected chi connectivity index (χ2v) is 7.03. The molecule has 0 amide bonds. The molecule has 2 aliphatic rings. The molecule has 1 fully saturated rings. The molecule has 1 aromatic rings. The van der Waals surface area contributed by atoms with Crippen LogP contribution in [0.2, 0.25) is 0 Å². The molecule has 1 aromatic heterocycles. The van der Waals surface area contributed by atoms with Crippen molar-refractivity contribution >= 4 is 23.1 Å². The number of rotatable bonds is 1. The van der Waals surface area contributed by atoms with Crippen molar-refractivity contribution in [1.82, 2.24) is 5.32 Å². The topological polar surface area (TPSA) is 12.0 Å². The summed E-state index contributed by atoms with van der Waals surface area (Å²) >= 11 is 4.16. The van der Waals surface area contributed by atoms with E-state index in [1.165, 1.54) is 50.2 Å². The minimum atomic E-state index is 0.656. The van der Waals surface area contributed by atoms with E-state index in [4.69, 9.17) is 0 Å². The summed E-state index contributed by atoms with van der Waals surface area (Å²) in [5.74, 6) is 2.57. The number of hydrogen-bond donors (Lipinski definition) is 1. The standard InChI is InChI=1S/C13H19NS2/c1-2-4-11(14-6-3-1)13-8-10-9-15-7-5-12(10)16-13/h8,11,14H,1-7,9H2. The Hall–Kier alpha value is 0.0100. The highest BCUT2D eigenvalue weighted by molar-refractivity contribution is 7.98. The molecule has 0 radical (unpaired) electrons. The molecule has 1 saturated heterocycles. The first kappa shape index (κ1) is 11.1. The SMILES string of the molecule is c1c(C2CCCCCN2)sc2c1CSCC2. The van der Waals surface area contributed by atoms with Gasteiger partial charge >= 0.3 is 0 Å². The summed E-state index contributed by atoms with van der Waals surface area (Å²) in [6, 6.07) is 3.14. The van der Waals surface area contributed by atoms with E-state index in [0.717, 1.165) is 0 Å². The van der Waals surface area contributed by atoms with Gasteiger partial charge in [0.2, 0.25) is 0 Å². The van der Waals surface area contributed by atoms with Gasteiger partial charge in [0.15, 0.2) is 0 Å². The minimum absolute atomic E-state index is 0.656. The van der Waals surface area contributed by atoms with Crippen molar-refractivity contribution in [3.8, 4) is 0 Å². The van der Waals surface area contributed by atoms with Gasteiger partial charge in [0.05, 0.1) is 0 Å². The molecule has 0 aliphatic carbocycles. The van der Waals surface area contributed by atoms with Crippen LogP contribution < -0.4 is 5.32 Å². The Morgan fingerprint density at radius 2 is 2.25 bits per heavy atom. The normalized spacial score (nSPS) is 26.1. The van der Waals surface area contributed by atoms with Crippen molar-refractivity contribution in [2.24, 2.45) is 0 Å². The van der Waals surface area contributed by atoms with Crippen molar-refractivity contribution in [3.63, 3.8) is 0 Å². The molecule has 3 heteroatoms. The van der Waals surface area contributed by atoms with E-state index in [0.29, 0.717) is 6.04 Å². The third kappa shape index (κ3) is 2.31. The molecule has 16 heavy (non-hydrogen) atoms. The molecule has 1 N–H and O–H groups in total. The van der Waals surface area contributed by atoms with Gasteiger partial charge in [-0.2, -0.15) is 11.8 Å². The van der Waals surface area contributed by atoms with Gasteiger partial charge in [-0.15, -0.1) is 11.3 Å². The fourth-order valence-corrected chi connectivity index (χ4v) is 5.10. The van der Waals surface area contributed by atoms with Gasteiger partial charge < -0.3 is 5.32 Å². The van der Waals surface area contributed by atoms with Gasteiger partial charge in [0, 0.05) is 21.5 Å². The Labute approximate surface area is 106 Å². The van der Waals surface area contributed by atoms with Crippen molar-refractivity contribution in [2.45, 2.75) is 43.9 Å². The number of thioether (sulfide) groups is 1. The Kier molecular flexibility index (Phi) is 3.55. The molecule has 0 aromatic carbocycles. The van der Waals surface area contributed by atoms with Gasteiger partial charge in [0.1, 0.15) is 0 Å². The molecule has 88 valence electrons. The zero-order valence-corrected chi connectivity index (χ0v) is 11.3. The molecule has 2 aliphatic heterocycles. The average molecular weight is 253 g/mol. The number of thiophene rings is 1. The lowest BCUT2D eigenvalue weighted by molar-refractivity contribution is 0.543. The third-order valence-corrected chi connectivity index (χ3v) is 5.91. The summed E-state index contributed by atoms with van der Waals surface area (Å²) < 4.78 is 0. The number of fused-ring (bicyclic) bond motifs is 1. The zero-order valence-electron chi connectivity index (χ0n) is 9.63. The van der Waals surface area contributed by atoms with Gasteiger partial charge in [-0.05, 0) is 43.2 Å². The number of hydrogen-bond acceptors (Lipinski definition) is 3. The van der Waals surface area contributed by atoms with Crippen molar-refractivity contribution in [3.05, 3.63) is 21.4 Å². The molecule has 1 nitrogen and oxygen atoms in total. The zero-order chi connectivity index (χ0) is 10.8. The Bertz CT molecular complexity index is 327. The molecular weight excluding hydrogens is 234 g/mol. The van der Waals surface area contributed by atoms with Crippen LogP contribution in [0.5, 0.6) is 0 Å². The van der Waals surface area contributed by atoms with Crippen LogP contribution >= 0.6 is 23.1 Å². The smallest absolute Gasteiger partial charge is 0.0415 e. The fourth-order valence-electron chi connectivity index (χ4n) is 2.61. The molecule has 0 saturated carbocycles. The van der Waals surface area contributed by atoms with E-state index in [1.54, 1.807) is 15.3 Å². The van der Waals surface area contributed by atoms with E-state index >= 15 is 0 Å². The van der Waals surface area contributed by atoms with Gasteiger partial charge in [-0.1, -0.05) is 12.8 Å². The number of nitrogens with one attached hydrogen (secondary N) is 1. The highest BCUT2D eigenvalue weighted by atomic mass is 32.2. The van der Waals surface area contributed by atoms with Crippen molar-refractivity contribution in [2.75, 3.05) is 12.3 Å². The maximum absolute atomic E-state index is 3.71. The second-order valence-electron chi connectivity index (χ2n) is 4.76. The van der Waals surface area contributed by atoms with Crippen molar-refractivity contribution in [1.29, 1.82) is 0 Å². The number of aryl methyl sites for hydroxylation is 1. The van der Waals surface area contributed by atoms with Crippen LogP contribution in [0.4, 0.5) is 0 Å². The lowest BCUT2D eigenvalue weighted by atomic mass is 10.1. The summed E-state index contributed by atoms with van der Waals surface area (Å²) in [7, 11) is 0. The Morgan fingerprint density at radius 3 is 3.19 bits per heavy atom. The third-order valence-electron chi connectivity index (χ3n) is 3.55. The first-order valence-electron chi connectivity index (χ1n) is 6.36. The minimum Gasteiger partial charge on any atom is -0.309 e. The van der Waals surface area contributed by atoms with E-state index in [1.807, 2.05) is 0 Å². The van der Waals surface area contributed by atoms with E-state index in [2.05, 4.69) is 34.5 Å². The highest BCUT2D eigenvalue weighted by Crippen LogP contribution is 2.36. The summed E-state index contributed by atoms with van der Waals surface area (Å²) in [5.41, 5.74) is 1.63. The maximum atomic E-state index is 3.71. The van der Waals surface area contributed by atoms with Crippen LogP contribution in [0.3, 0.4) is 0 Å². The highest BCUT2D eigenvalue weighted by Gasteiger charge is 2.19. The van der Waals surface area contributed by atoms with Gasteiger partial charge in [0.25, 0.3) is 0 Å². The lowest BCUT2D eigenvalue weighted by Crippen LogP contribution is -2.19. The molecule has 3 rings (SSSR count). The van der Waals surface area contributed by atoms with E-state index in [-0.39, 0.29) is 0 Å². The largest absolute Gasteiger partial charge is 0.309 e. The summed E-state index contributed by atoms with van der Waals surface area (Å²) in [6.45, 7) is 1.21. The molecule has 0 bridgehead atoms. The predicted octanol–water partition coefficient (Wildman–Crippen LogP) is 3.74. The Balaban J connectivity index is 1.79. The van der Waals surface area contributed by atoms with E-state index < -0.39 is 0 Å². The molecule has 1 atom stereocenters. The second kappa shape index (κ2) is 5.11. The average Bonchev–Trinajstić information content (AvgIpc) is 2.56. The predicted molar refractivity (Wildman–Crippen MR) is 73.4 cm³/mol. The summed E-state index contributed by atoms with van der Waals surface area (Å²) in [5, 5.41) is 3.71. The van der Waals surface area contributed by atoms with Gasteiger partial charge in [-0.25, -0.2) is 0 Å². The van der Waals surface area contributed by atoms with Crippen LogP contribution in [0.1, 0.15) is 47.0 Å². The van der Waals surface area contributed by atoms with Crippen LogP contribution in [-0.2, 0) is 12.2 Å². The maximum Gasteiger partial charge on any atom is 0.0415 e. The monoisotopic (exact) mass is 253 g/mol. The van der Waals surface area contributed by atoms with Crippen LogP contribution in [0, 0.1) is 0 Å². The molecule has 0 spiro atoms. The van der Waals surface area contributed by atoms with E-state index in [9.17, 15) is 0 Å². The first-order valence-corrected chi connectivity index (χ1v) is 8.33. The lowest BCUT2D eigenvalue weighted by Gasteiger charge is -2.13. The quantitative estimate of drug-likeness (QED) is 0.818. The Morgan fingerprint density at radius 1 is 1.25 bits per heavy atom. The first-order chi connectivity index (χ1) is 7.93. The molecule has 3 heterocycles. The van der Waals surface area contributed by atoms with Crippen LogP contribution in [-0.4, -0.2) is 12.3 Å². The van der Waals surface area contributed by atoms with Gasteiger partial charge in [-0.3, -0.25) is 0 Å². The van der Waals surface area contributed by atoms with Crippen molar-refractivity contribution < 1.29 is 0 Å².